The van der Waals surface area contributed by atoms with Crippen LogP contribution in [-0.2, 0) is 14.4 Å². The predicted molar refractivity (Wildman–Crippen MR) is 139 cm³/mol. The second kappa shape index (κ2) is 15.5. The molecule has 15 heteroatoms. The Labute approximate surface area is 232 Å². The number of hydrogen-bond acceptors (Lipinski definition) is 7. The molecule has 0 aromatic heterocycles. The summed E-state index contributed by atoms with van der Waals surface area (Å²) < 4.78 is 13.0. The van der Waals surface area contributed by atoms with Crippen molar-refractivity contribution in [3.05, 3.63) is 65.5 Å². The van der Waals surface area contributed by atoms with Crippen molar-refractivity contribution in [2.24, 2.45) is 0 Å². The van der Waals surface area contributed by atoms with Gasteiger partial charge in [-0.3, -0.25) is 19.6 Å². The van der Waals surface area contributed by atoms with Crippen molar-refractivity contribution in [3.63, 3.8) is 0 Å². The molecule has 2 aromatic rings. The summed E-state index contributed by atoms with van der Waals surface area (Å²) in [6.07, 6.45) is -0.862. The monoisotopic (exact) mass is 576 g/mol. The Bertz CT molecular complexity index is 1250. The van der Waals surface area contributed by atoms with E-state index in [1.807, 2.05) is 5.32 Å². The maximum atomic E-state index is 13.0. The van der Waals surface area contributed by atoms with Crippen molar-refractivity contribution in [2.75, 3.05) is 11.9 Å². The molecule has 2 aromatic carbocycles. The van der Waals surface area contributed by atoms with E-state index in [-0.39, 0.29) is 42.0 Å². The van der Waals surface area contributed by atoms with E-state index in [0.717, 1.165) is 12.1 Å². The van der Waals surface area contributed by atoms with Gasteiger partial charge in [0.2, 0.25) is 0 Å². The van der Waals surface area contributed by atoms with Gasteiger partial charge in [-0.05, 0) is 74.2 Å². The van der Waals surface area contributed by atoms with E-state index in [0.29, 0.717) is 5.69 Å². The maximum absolute atomic E-state index is 13.0. The summed E-state index contributed by atoms with van der Waals surface area (Å²) in [7, 11) is 0. The number of nitrogens with one attached hydrogen (secondary N) is 3. The molecule has 0 saturated heterocycles. The summed E-state index contributed by atoms with van der Waals surface area (Å²) in [5.41, 5.74) is 0.940. The van der Waals surface area contributed by atoms with Crippen LogP contribution in [0.15, 0.2) is 48.5 Å². The topological polar surface area (TPSA) is 223 Å². The molecule has 7 N–H and O–H groups in total. The average Bonchev–Trinajstić information content (AvgIpc) is 2.92. The smallest absolute Gasteiger partial charge is 0.342 e. The van der Waals surface area contributed by atoms with Gasteiger partial charge in [-0.2, -0.15) is 5.06 Å². The van der Waals surface area contributed by atoms with Crippen molar-refractivity contribution < 1.29 is 53.7 Å². The molecule has 220 valence electrons. The summed E-state index contributed by atoms with van der Waals surface area (Å²) in [4.78, 5) is 70.1. The number of unbranched alkanes of at least 4 members (excludes halogenated alkanes) is 1. The number of hydroxylamine groups is 2. The highest BCUT2D eigenvalue weighted by atomic mass is 19.1. The van der Waals surface area contributed by atoms with E-state index >= 15 is 0 Å². The number of rotatable bonds is 15. The first-order valence-corrected chi connectivity index (χ1v) is 12.3. The van der Waals surface area contributed by atoms with Crippen LogP contribution in [0.3, 0.4) is 0 Å². The predicted octanol–water partition coefficient (Wildman–Crippen LogP) is 2.15. The number of halogens is 1. The van der Waals surface area contributed by atoms with Gasteiger partial charge in [0, 0.05) is 29.8 Å². The third kappa shape index (κ3) is 10.6. The summed E-state index contributed by atoms with van der Waals surface area (Å²) >= 11 is 0. The highest BCUT2D eigenvalue weighted by Crippen LogP contribution is 2.13. The van der Waals surface area contributed by atoms with Gasteiger partial charge in [0.25, 0.3) is 11.8 Å². The van der Waals surface area contributed by atoms with E-state index < -0.39 is 66.5 Å². The number of carbonyl (C=O) groups is 6. The third-order valence-corrected chi connectivity index (χ3v) is 5.73. The van der Waals surface area contributed by atoms with Crippen LogP contribution in [0.1, 0.15) is 52.8 Å². The minimum absolute atomic E-state index is 0.127. The van der Waals surface area contributed by atoms with Crippen molar-refractivity contribution in [1.29, 1.82) is 0 Å². The number of benzene rings is 2. The molecule has 0 radical (unpaired) electrons. The van der Waals surface area contributed by atoms with Gasteiger partial charge in [0.05, 0.1) is 0 Å². The van der Waals surface area contributed by atoms with E-state index in [1.165, 1.54) is 36.4 Å². The minimum Gasteiger partial charge on any atom is -0.481 e. The Hall–Kier alpha value is -5.05. The molecule has 0 fully saturated rings. The number of hydrogen-bond donors (Lipinski definition) is 7. The molecule has 0 spiro atoms. The molecule has 4 amide bonds. The Balaban J connectivity index is 1.79. The third-order valence-electron chi connectivity index (χ3n) is 5.73. The highest BCUT2D eigenvalue weighted by Gasteiger charge is 2.31. The van der Waals surface area contributed by atoms with Gasteiger partial charge in [0.1, 0.15) is 11.9 Å². The summed E-state index contributed by atoms with van der Waals surface area (Å²) in [5.74, 6) is -5.79. The molecule has 1 unspecified atom stereocenters. The first-order chi connectivity index (χ1) is 19.4. The summed E-state index contributed by atoms with van der Waals surface area (Å²) in [5, 5.41) is 44.2. The molecule has 0 heterocycles. The van der Waals surface area contributed by atoms with Crippen LogP contribution < -0.4 is 16.0 Å². The number of carboxylic acids is 3. The van der Waals surface area contributed by atoms with E-state index in [9.17, 15) is 43.5 Å². The van der Waals surface area contributed by atoms with Gasteiger partial charge in [-0.25, -0.2) is 18.8 Å². The quantitative estimate of drug-likeness (QED) is 0.0929. The number of urea groups is 1. The van der Waals surface area contributed by atoms with Crippen LogP contribution in [0.4, 0.5) is 14.9 Å². The van der Waals surface area contributed by atoms with Gasteiger partial charge in [0.15, 0.2) is 6.04 Å². The molecule has 41 heavy (non-hydrogen) atoms. The van der Waals surface area contributed by atoms with Gasteiger partial charge < -0.3 is 31.3 Å². The Morgan fingerprint density at radius 2 is 1.37 bits per heavy atom. The van der Waals surface area contributed by atoms with E-state index in [1.54, 1.807) is 0 Å². The maximum Gasteiger partial charge on any atom is 0.342 e. The second-order valence-electron chi connectivity index (χ2n) is 8.76. The van der Waals surface area contributed by atoms with Gasteiger partial charge in [-0.1, -0.05) is 0 Å². The zero-order valence-corrected chi connectivity index (χ0v) is 21.6. The number of amides is 4. The lowest BCUT2D eigenvalue weighted by Gasteiger charge is -2.24. The Morgan fingerprint density at radius 3 is 1.93 bits per heavy atom. The van der Waals surface area contributed by atoms with Crippen molar-refractivity contribution in [2.45, 2.75) is 44.2 Å². The normalized spacial score (nSPS) is 12.0. The fourth-order valence-corrected chi connectivity index (χ4v) is 3.51. The van der Waals surface area contributed by atoms with Crippen LogP contribution >= 0.6 is 0 Å². The lowest BCUT2D eigenvalue weighted by molar-refractivity contribution is -0.157. The van der Waals surface area contributed by atoms with Crippen LogP contribution in [0.25, 0.3) is 0 Å². The molecule has 0 saturated carbocycles. The van der Waals surface area contributed by atoms with Crippen molar-refractivity contribution >= 4 is 41.4 Å². The summed E-state index contributed by atoms with van der Waals surface area (Å²) in [6, 6.07) is 6.14. The fourth-order valence-electron chi connectivity index (χ4n) is 3.51. The number of aliphatic carboxylic acids is 3. The zero-order chi connectivity index (χ0) is 30.5. The van der Waals surface area contributed by atoms with E-state index in [4.69, 9.17) is 10.2 Å². The van der Waals surface area contributed by atoms with Gasteiger partial charge in [-0.15, -0.1) is 0 Å². The molecule has 14 nitrogen and oxygen atoms in total. The fraction of sp³-hybridized carbons (Fsp3) is 0.308. The first kappa shape index (κ1) is 32.2. The molecule has 2 atom stereocenters. The minimum atomic E-state index is -1.72. The largest absolute Gasteiger partial charge is 0.481 e. The van der Waals surface area contributed by atoms with Crippen LogP contribution in [0.2, 0.25) is 0 Å². The van der Waals surface area contributed by atoms with Crippen molar-refractivity contribution in [3.8, 4) is 0 Å². The highest BCUT2D eigenvalue weighted by molar-refractivity contribution is 6.04. The summed E-state index contributed by atoms with van der Waals surface area (Å²) in [6.45, 7) is 0.127. The lowest BCUT2D eigenvalue weighted by atomic mass is 10.1. The molecular formula is C26H29FN4O10. The van der Waals surface area contributed by atoms with Gasteiger partial charge >= 0.3 is 23.9 Å². The van der Waals surface area contributed by atoms with Crippen molar-refractivity contribution in [1.82, 2.24) is 15.7 Å². The average molecular weight is 577 g/mol. The second-order valence-corrected chi connectivity index (χ2v) is 8.76. The number of carbonyl (C=O) groups excluding carboxylic acids is 3. The first-order valence-electron chi connectivity index (χ1n) is 12.3. The van der Waals surface area contributed by atoms with Crippen LogP contribution in [0.5, 0.6) is 0 Å². The number of carboxylic acid groups (broad SMARTS) is 3. The molecule has 0 aliphatic carbocycles. The molecule has 0 aliphatic heterocycles. The zero-order valence-electron chi connectivity index (χ0n) is 21.6. The molecule has 0 aliphatic rings. The molecule has 0 bridgehead atoms. The van der Waals surface area contributed by atoms with Crippen LogP contribution in [0, 0.1) is 5.82 Å². The Kier molecular flexibility index (Phi) is 12.2. The standard InChI is InChI=1S/C26H29FN4O10/c27-17-8-4-16(5-9-17)23(35)29-18-10-6-15(7-11-18)22(34)28-14-2-1-3-20(25(38)39)31(41)26(40)30-19(24(36)37)12-13-21(32)33/h4-11,19-20,41H,1-3,12-14H2,(H,28,34)(H,29,35)(H,30,40)(H,32,33)(H,36,37)(H,38,39)/t19?,20-/m0/s1. The van der Waals surface area contributed by atoms with Crippen LogP contribution in [-0.4, -0.2) is 80.0 Å². The molecular weight excluding hydrogens is 547 g/mol. The SMILES string of the molecule is O=C(O)CCC(NC(=O)N(O)[C@@H](CCCCNC(=O)c1ccc(NC(=O)c2ccc(F)cc2)cc1)C(=O)O)C(=O)O. The lowest BCUT2D eigenvalue weighted by Crippen LogP contribution is -2.52. The molecule has 2 rings (SSSR count). The number of nitrogens with zero attached hydrogens (tertiary/aromatic N) is 1. The number of anilines is 1. The Morgan fingerprint density at radius 1 is 0.780 bits per heavy atom. The van der Waals surface area contributed by atoms with E-state index in [2.05, 4.69) is 10.6 Å².